The molecule has 2 aliphatic rings. The lowest BCUT2D eigenvalue weighted by molar-refractivity contribution is -0.137. The molecule has 6 nitrogen and oxygen atoms in total. The Kier molecular flexibility index (Phi) is 7.10. The van der Waals surface area contributed by atoms with Gasteiger partial charge < -0.3 is 19.7 Å². The molecule has 2 heterocycles. The third-order valence-corrected chi connectivity index (χ3v) is 6.37. The minimum Gasteiger partial charge on any atom is -0.441 e. The maximum absolute atomic E-state index is 13.3. The van der Waals surface area contributed by atoms with Crippen LogP contribution in [0.25, 0.3) is 0 Å². The van der Waals surface area contributed by atoms with Gasteiger partial charge in [0.05, 0.1) is 23.7 Å². The lowest BCUT2D eigenvalue weighted by Crippen LogP contribution is -2.46. The first kappa shape index (κ1) is 24.0. The van der Waals surface area contributed by atoms with Gasteiger partial charge in [-0.05, 0) is 41.8 Å². The topological polar surface area (TPSA) is 74.6 Å². The van der Waals surface area contributed by atoms with E-state index in [1.54, 1.807) is 30.3 Å². The van der Waals surface area contributed by atoms with Crippen molar-refractivity contribution in [1.82, 2.24) is 10.2 Å². The van der Waals surface area contributed by atoms with E-state index in [4.69, 9.17) is 9.47 Å². The van der Waals surface area contributed by atoms with Crippen LogP contribution in [0.5, 0.6) is 0 Å². The van der Waals surface area contributed by atoms with Crippen molar-refractivity contribution in [2.45, 2.75) is 37.1 Å². The van der Waals surface area contributed by atoms with E-state index in [-0.39, 0.29) is 6.09 Å². The standard InChI is InChI=1S/C25H26F3N3O3/c26-25(27,28)21-7-2-6-20(15-21)22(19-5-1-4-18(14-19)16-29)33-13-3-10-31-11-8-24(9-12-31)17-30-23(32)34-24/h1-2,4-7,14-15,22H,3,8-13,17H2,(H,30,32). The molecule has 0 aromatic heterocycles. The number of alkyl carbamates (subject to hydrolysis) is 1. The Balaban J connectivity index is 1.39. The van der Waals surface area contributed by atoms with Gasteiger partial charge in [0.1, 0.15) is 11.7 Å². The lowest BCUT2D eigenvalue weighted by Gasteiger charge is -2.37. The third-order valence-electron chi connectivity index (χ3n) is 6.37. The first-order valence-corrected chi connectivity index (χ1v) is 11.3. The molecule has 0 aliphatic carbocycles. The molecule has 1 unspecified atom stereocenters. The molecule has 2 fully saturated rings. The number of nitriles is 1. The number of carbonyl (C=O) groups excluding carboxylic acids is 1. The molecule has 4 rings (SSSR count). The summed E-state index contributed by atoms with van der Waals surface area (Å²) in [5.74, 6) is 0. The zero-order valence-electron chi connectivity index (χ0n) is 18.6. The summed E-state index contributed by atoms with van der Waals surface area (Å²) in [4.78, 5) is 13.7. The van der Waals surface area contributed by atoms with E-state index in [2.05, 4.69) is 16.3 Å². The van der Waals surface area contributed by atoms with Crippen molar-refractivity contribution in [3.05, 3.63) is 70.8 Å². The number of nitrogens with zero attached hydrogens (tertiary/aromatic N) is 2. The SMILES string of the molecule is N#Cc1cccc(C(OCCCN2CCC3(CC2)CNC(=O)O3)c2cccc(C(F)(F)F)c2)c1. The second-order valence-corrected chi connectivity index (χ2v) is 8.73. The quantitative estimate of drug-likeness (QED) is 0.593. The number of piperidine rings is 1. The Morgan fingerprint density at radius 1 is 1.15 bits per heavy atom. The molecular formula is C25H26F3N3O3. The number of rotatable bonds is 7. The Morgan fingerprint density at radius 3 is 2.50 bits per heavy atom. The van der Waals surface area contributed by atoms with E-state index in [0.717, 1.165) is 44.6 Å². The largest absolute Gasteiger partial charge is 0.441 e. The Bertz CT molecular complexity index is 1060. The summed E-state index contributed by atoms with van der Waals surface area (Å²) >= 11 is 0. The van der Waals surface area contributed by atoms with Crippen molar-refractivity contribution in [2.24, 2.45) is 0 Å². The number of hydrogen-bond acceptors (Lipinski definition) is 5. The zero-order valence-corrected chi connectivity index (χ0v) is 18.6. The van der Waals surface area contributed by atoms with Gasteiger partial charge in [0.2, 0.25) is 0 Å². The van der Waals surface area contributed by atoms with E-state index in [1.807, 2.05) is 0 Å². The molecule has 2 aromatic rings. The Labute approximate surface area is 196 Å². The highest BCUT2D eigenvalue weighted by Gasteiger charge is 2.42. The summed E-state index contributed by atoms with van der Waals surface area (Å²) < 4.78 is 51.4. The molecule has 34 heavy (non-hydrogen) atoms. The van der Waals surface area contributed by atoms with E-state index in [0.29, 0.717) is 36.3 Å². The fraction of sp³-hybridized carbons (Fsp3) is 0.440. The van der Waals surface area contributed by atoms with E-state index < -0.39 is 23.4 Å². The summed E-state index contributed by atoms with van der Waals surface area (Å²) in [6, 6.07) is 13.9. The maximum Gasteiger partial charge on any atom is 0.416 e. The van der Waals surface area contributed by atoms with Gasteiger partial charge in [-0.15, -0.1) is 0 Å². The first-order valence-electron chi connectivity index (χ1n) is 11.3. The molecule has 2 saturated heterocycles. The molecule has 1 spiro atoms. The van der Waals surface area contributed by atoms with Crippen molar-refractivity contribution in [3.8, 4) is 6.07 Å². The van der Waals surface area contributed by atoms with Crippen LogP contribution in [0.1, 0.15) is 47.6 Å². The van der Waals surface area contributed by atoms with Crippen LogP contribution < -0.4 is 5.32 Å². The first-order chi connectivity index (χ1) is 16.3. The summed E-state index contributed by atoms with van der Waals surface area (Å²) in [6.45, 7) is 3.26. The second-order valence-electron chi connectivity index (χ2n) is 8.73. The fourth-order valence-electron chi connectivity index (χ4n) is 4.49. The molecule has 2 aliphatic heterocycles. The van der Waals surface area contributed by atoms with Crippen molar-refractivity contribution >= 4 is 6.09 Å². The highest BCUT2D eigenvalue weighted by atomic mass is 19.4. The predicted molar refractivity (Wildman–Crippen MR) is 118 cm³/mol. The van der Waals surface area contributed by atoms with Crippen LogP contribution >= 0.6 is 0 Å². The molecule has 2 aromatic carbocycles. The average molecular weight is 473 g/mol. The Morgan fingerprint density at radius 2 is 1.85 bits per heavy atom. The maximum atomic E-state index is 13.3. The summed E-state index contributed by atoms with van der Waals surface area (Å²) in [5, 5.41) is 12.0. The van der Waals surface area contributed by atoms with Gasteiger partial charge in [0, 0.05) is 39.1 Å². The van der Waals surface area contributed by atoms with Crippen LogP contribution in [0, 0.1) is 11.3 Å². The van der Waals surface area contributed by atoms with Gasteiger partial charge in [-0.3, -0.25) is 0 Å². The molecule has 0 saturated carbocycles. The van der Waals surface area contributed by atoms with Crippen LogP contribution in [-0.2, 0) is 15.7 Å². The highest BCUT2D eigenvalue weighted by molar-refractivity contribution is 5.70. The van der Waals surface area contributed by atoms with Crippen molar-refractivity contribution in [2.75, 3.05) is 32.8 Å². The van der Waals surface area contributed by atoms with Crippen molar-refractivity contribution in [1.29, 1.82) is 5.26 Å². The van der Waals surface area contributed by atoms with Crippen molar-refractivity contribution in [3.63, 3.8) is 0 Å². The summed E-state index contributed by atoms with van der Waals surface area (Å²) in [5.41, 5.74) is 0.306. The smallest absolute Gasteiger partial charge is 0.416 e. The minimum atomic E-state index is -4.45. The van der Waals surface area contributed by atoms with Crippen molar-refractivity contribution < 1.29 is 27.4 Å². The van der Waals surface area contributed by atoms with Gasteiger partial charge in [0.25, 0.3) is 0 Å². The van der Waals surface area contributed by atoms with Gasteiger partial charge in [0.15, 0.2) is 0 Å². The normalized spacial score (nSPS) is 18.8. The molecule has 1 N–H and O–H groups in total. The zero-order chi connectivity index (χ0) is 24.2. The number of benzene rings is 2. The molecular weight excluding hydrogens is 447 g/mol. The molecule has 9 heteroatoms. The van der Waals surface area contributed by atoms with E-state index >= 15 is 0 Å². The summed E-state index contributed by atoms with van der Waals surface area (Å²) in [6.07, 6.45) is -3.31. The Hall–Kier alpha value is -3.09. The number of amides is 1. The average Bonchev–Trinajstić information content (AvgIpc) is 3.19. The van der Waals surface area contributed by atoms with Crippen LogP contribution in [-0.4, -0.2) is 49.4 Å². The molecule has 180 valence electrons. The van der Waals surface area contributed by atoms with Gasteiger partial charge in [-0.25, -0.2) is 4.79 Å². The van der Waals surface area contributed by atoms with E-state index in [1.165, 1.54) is 6.07 Å². The van der Waals surface area contributed by atoms with Crippen LogP contribution in [0.2, 0.25) is 0 Å². The van der Waals surface area contributed by atoms with Gasteiger partial charge in [-0.1, -0.05) is 24.3 Å². The predicted octanol–water partition coefficient (Wildman–Crippen LogP) is 4.65. The van der Waals surface area contributed by atoms with Crippen LogP contribution in [0.15, 0.2) is 48.5 Å². The van der Waals surface area contributed by atoms with Crippen LogP contribution in [0.4, 0.5) is 18.0 Å². The number of carbonyl (C=O) groups is 1. The second kappa shape index (κ2) is 10.0. The monoisotopic (exact) mass is 473 g/mol. The van der Waals surface area contributed by atoms with Gasteiger partial charge in [-0.2, -0.15) is 18.4 Å². The summed E-state index contributed by atoms with van der Waals surface area (Å²) in [7, 11) is 0. The number of nitrogens with one attached hydrogen (secondary N) is 1. The number of hydrogen-bond donors (Lipinski definition) is 1. The lowest BCUT2D eigenvalue weighted by atomic mass is 9.91. The number of likely N-dealkylation sites (tertiary alicyclic amines) is 1. The molecule has 1 amide bonds. The third kappa shape index (κ3) is 5.69. The fourth-order valence-corrected chi connectivity index (χ4v) is 4.49. The molecule has 1 atom stereocenters. The highest BCUT2D eigenvalue weighted by Crippen LogP contribution is 2.34. The van der Waals surface area contributed by atoms with Crippen LogP contribution in [0.3, 0.4) is 0 Å². The molecule has 0 radical (unpaired) electrons. The molecule has 0 bridgehead atoms. The number of ether oxygens (including phenoxy) is 2. The van der Waals surface area contributed by atoms with Gasteiger partial charge >= 0.3 is 12.3 Å². The number of halogens is 3. The minimum absolute atomic E-state index is 0.343. The van der Waals surface area contributed by atoms with E-state index in [9.17, 15) is 23.2 Å². The number of alkyl halides is 3.